The maximum absolute atomic E-state index is 12.3. The number of likely N-dealkylation sites (N-methyl/N-ethyl adjacent to an activating group) is 1. The summed E-state index contributed by atoms with van der Waals surface area (Å²) in [6.07, 6.45) is 1.21. The standard InChI is InChI=1S/C18H13ClN2O6/c1-2-21-16(23)12(15(22)20-18(21)26)8-10-4-6-14(27-10)9-3-5-13(19)11(7-9)17(24)25/h3-8H,2H2,1H3,(H,24,25)(H,20,22,26)/p-1/b12-8+. The van der Waals surface area contributed by atoms with Crippen LogP contribution in [0.15, 0.2) is 40.3 Å². The van der Waals surface area contributed by atoms with Crippen molar-refractivity contribution in [3.8, 4) is 11.3 Å². The lowest BCUT2D eigenvalue weighted by molar-refractivity contribution is -0.255. The molecule has 3 rings (SSSR count). The molecule has 0 unspecified atom stereocenters. The van der Waals surface area contributed by atoms with Crippen LogP contribution in [-0.4, -0.2) is 35.3 Å². The molecule has 2 heterocycles. The highest BCUT2D eigenvalue weighted by molar-refractivity contribution is 6.33. The molecule has 4 amide bonds. The monoisotopic (exact) mass is 387 g/mol. The van der Waals surface area contributed by atoms with Crippen molar-refractivity contribution in [2.75, 3.05) is 6.54 Å². The zero-order valence-corrected chi connectivity index (χ0v) is 14.7. The molecule has 0 spiro atoms. The number of hydrogen-bond donors (Lipinski definition) is 1. The molecule has 0 aliphatic carbocycles. The minimum Gasteiger partial charge on any atom is -0.545 e. The molecule has 0 radical (unpaired) electrons. The zero-order valence-electron chi connectivity index (χ0n) is 13.9. The number of barbiturate groups is 1. The predicted molar refractivity (Wildman–Crippen MR) is 92.4 cm³/mol. The van der Waals surface area contributed by atoms with Crippen LogP contribution in [0.25, 0.3) is 17.4 Å². The number of urea groups is 1. The lowest BCUT2D eigenvalue weighted by Gasteiger charge is -2.24. The summed E-state index contributed by atoms with van der Waals surface area (Å²) in [5, 5.41) is 13.2. The average molecular weight is 388 g/mol. The number of benzene rings is 1. The van der Waals surface area contributed by atoms with E-state index in [4.69, 9.17) is 16.0 Å². The molecule has 0 atom stereocenters. The van der Waals surface area contributed by atoms with Gasteiger partial charge < -0.3 is 14.3 Å². The SMILES string of the molecule is CCN1C(=O)NC(=O)/C(=C\c2ccc(-c3ccc(Cl)c(C(=O)[O-])c3)o2)C1=O. The van der Waals surface area contributed by atoms with Gasteiger partial charge in [0.2, 0.25) is 0 Å². The van der Waals surface area contributed by atoms with E-state index in [2.05, 4.69) is 5.32 Å². The third kappa shape index (κ3) is 3.47. The normalized spacial score (nSPS) is 16.0. The van der Waals surface area contributed by atoms with Crippen molar-refractivity contribution >= 4 is 41.5 Å². The number of aromatic carboxylic acids is 1. The Morgan fingerprint density at radius 2 is 2.00 bits per heavy atom. The molecule has 9 heteroatoms. The maximum atomic E-state index is 12.3. The van der Waals surface area contributed by atoms with Gasteiger partial charge >= 0.3 is 6.03 Å². The van der Waals surface area contributed by atoms with Gasteiger partial charge in [-0.25, -0.2) is 4.79 Å². The Kier molecular flexibility index (Phi) is 4.83. The van der Waals surface area contributed by atoms with Gasteiger partial charge in [0.05, 0.1) is 5.97 Å². The van der Waals surface area contributed by atoms with Crippen molar-refractivity contribution in [2.45, 2.75) is 6.92 Å². The number of rotatable bonds is 4. The van der Waals surface area contributed by atoms with E-state index in [1.807, 2.05) is 0 Å². The van der Waals surface area contributed by atoms with E-state index in [0.29, 0.717) is 11.3 Å². The number of carboxylic acids is 1. The Labute approximate surface area is 158 Å². The highest BCUT2D eigenvalue weighted by atomic mass is 35.5. The molecular weight excluding hydrogens is 376 g/mol. The molecule has 1 fully saturated rings. The van der Waals surface area contributed by atoms with Crippen LogP contribution in [0.1, 0.15) is 23.0 Å². The molecule has 0 bridgehead atoms. The van der Waals surface area contributed by atoms with E-state index in [9.17, 15) is 24.3 Å². The first-order valence-electron chi connectivity index (χ1n) is 7.81. The molecule has 0 saturated carbocycles. The lowest BCUT2D eigenvalue weighted by atomic mass is 10.1. The summed E-state index contributed by atoms with van der Waals surface area (Å²) in [6, 6.07) is 6.52. The molecule has 27 heavy (non-hydrogen) atoms. The smallest absolute Gasteiger partial charge is 0.331 e. The number of halogens is 1. The second kappa shape index (κ2) is 7.08. The summed E-state index contributed by atoms with van der Waals surface area (Å²) in [7, 11) is 0. The summed E-state index contributed by atoms with van der Waals surface area (Å²) in [5.74, 6) is -2.50. The van der Waals surface area contributed by atoms with Crippen molar-refractivity contribution in [3.63, 3.8) is 0 Å². The molecular formula is C18H12ClN2O6-. The fraction of sp³-hybridized carbons (Fsp3) is 0.111. The van der Waals surface area contributed by atoms with Crippen LogP contribution < -0.4 is 10.4 Å². The van der Waals surface area contributed by atoms with Crippen molar-refractivity contribution < 1.29 is 28.7 Å². The molecule has 1 aliphatic rings. The minimum atomic E-state index is -1.43. The lowest BCUT2D eigenvalue weighted by Crippen LogP contribution is -2.53. The number of imide groups is 2. The van der Waals surface area contributed by atoms with Gasteiger partial charge in [-0.3, -0.25) is 19.8 Å². The number of nitrogens with zero attached hydrogens (tertiary/aromatic N) is 1. The average Bonchev–Trinajstić information content (AvgIpc) is 3.07. The molecule has 1 N–H and O–H groups in total. The molecule has 2 aromatic rings. The first-order chi connectivity index (χ1) is 12.8. The highest BCUT2D eigenvalue weighted by Gasteiger charge is 2.34. The Balaban J connectivity index is 1.94. The van der Waals surface area contributed by atoms with Crippen LogP contribution in [0, 0.1) is 0 Å². The number of carbonyl (C=O) groups excluding carboxylic acids is 4. The number of nitrogens with one attached hydrogen (secondary N) is 1. The second-order valence-corrected chi connectivity index (χ2v) is 5.96. The van der Waals surface area contributed by atoms with Crippen LogP contribution in [0.3, 0.4) is 0 Å². The summed E-state index contributed by atoms with van der Waals surface area (Å²) < 4.78 is 5.57. The summed E-state index contributed by atoms with van der Waals surface area (Å²) in [6.45, 7) is 1.71. The molecule has 1 aliphatic heterocycles. The number of furan rings is 1. The van der Waals surface area contributed by atoms with Crippen LogP contribution >= 0.6 is 11.6 Å². The van der Waals surface area contributed by atoms with Gasteiger partial charge in [-0.05, 0) is 43.3 Å². The van der Waals surface area contributed by atoms with Crippen molar-refractivity contribution in [1.29, 1.82) is 0 Å². The Hall–Kier alpha value is -3.39. The zero-order chi connectivity index (χ0) is 19.7. The number of carboxylic acid groups (broad SMARTS) is 1. The summed E-state index contributed by atoms with van der Waals surface area (Å²) in [4.78, 5) is 47.8. The minimum absolute atomic E-state index is 0.0291. The summed E-state index contributed by atoms with van der Waals surface area (Å²) in [5.41, 5.74) is -0.0127. The highest BCUT2D eigenvalue weighted by Crippen LogP contribution is 2.27. The van der Waals surface area contributed by atoms with Crippen LogP contribution in [0.2, 0.25) is 5.02 Å². The van der Waals surface area contributed by atoms with Gasteiger partial charge in [0, 0.05) is 22.7 Å². The first kappa shape index (κ1) is 18.4. The van der Waals surface area contributed by atoms with E-state index >= 15 is 0 Å². The predicted octanol–water partition coefficient (Wildman–Crippen LogP) is 1.45. The Morgan fingerprint density at radius 1 is 1.26 bits per heavy atom. The molecule has 1 saturated heterocycles. The van der Waals surface area contributed by atoms with E-state index in [1.165, 1.54) is 24.3 Å². The van der Waals surface area contributed by atoms with Crippen molar-refractivity contribution in [1.82, 2.24) is 10.2 Å². The van der Waals surface area contributed by atoms with Gasteiger partial charge in [-0.1, -0.05) is 11.6 Å². The van der Waals surface area contributed by atoms with E-state index < -0.39 is 23.8 Å². The second-order valence-electron chi connectivity index (χ2n) is 5.55. The van der Waals surface area contributed by atoms with E-state index in [1.54, 1.807) is 19.1 Å². The molecule has 1 aromatic carbocycles. The van der Waals surface area contributed by atoms with Crippen LogP contribution in [0.5, 0.6) is 0 Å². The van der Waals surface area contributed by atoms with E-state index in [-0.39, 0.29) is 28.5 Å². The molecule has 138 valence electrons. The molecule has 8 nitrogen and oxygen atoms in total. The Morgan fingerprint density at radius 3 is 2.67 bits per heavy atom. The number of hydrogen-bond acceptors (Lipinski definition) is 6. The van der Waals surface area contributed by atoms with Gasteiger partial charge in [0.1, 0.15) is 17.1 Å². The number of amides is 4. The van der Waals surface area contributed by atoms with Crippen molar-refractivity contribution in [3.05, 3.63) is 52.3 Å². The first-order valence-corrected chi connectivity index (χ1v) is 8.19. The largest absolute Gasteiger partial charge is 0.545 e. The van der Waals surface area contributed by atoms with Gasteiger partial charge in [0.15, 0.2) is 0 Å². The number of carbonyl (C=O) groups is 4. The third-order valence-electron chi connectivity index (χ3n) is 3.89. The third-order valence-corrected chi connectivity index (χ3v) is 4.22. The van der Waals surface area contributed by atoms with Crippen LogP contribution in [0.4, 0.5) is 4.79 Å². The fourth-order valence-corrected chi connectivity index (χ4v) is 2.74. The quantitative estimate of drug-likeness (QED) is 0.626. The maximum Gasteiger partial charge on any atom is 0.331 e. The summed E-state index contributed by atoms with van der Waals surface area (Å²) >= 11 is 5.81. The fourth-order valence-electron chi connectivity index (χ4n) is 2.54. The topological polar surface area (TPSA) is 120 Å². The van der Waals surface area contributed by atoms with Gasteiger partial charge in [0.25, 0.3) is 11.8 Å². The Bertz CT molecular complexity index is 1010. The van der Waals surface area contributed by atoms with Crippen LogP contribution in [-0.2, 0) is 9.59 Å². The van der Waals surface area contributed by atoms with Gasteiger partial charge in [-0.15, -0.1) is 0 Å². The van der Waals surface area contributed by atoms with Crippen molar-refractivity contribution in [2.24, 2.45) is 0 Å². The molecule has 1 aromatic heterocycles. The van der Waals surface area contributed by atoms with Gasteiger partial charge in [-0.2, -0.15) is 0 Å². The van der Waals surface area contributed by atoms with E-state index in [0.717, 1.165) is 4.90 Å².